The van der Waals surface area contributed by atoms with Gasteiger partial charge in [-0.05, 0) is 18.9 Å². The van der Waals surface area contributed by atoms with Crippen LogP contribution in [-0.4, -0.2) is 32.1 Å². The zero-order chi connectivity index (χ0) is 13.3. The quantitative estimate of drug-likeness (QED) is 0.802. The van der Waals surface area contributed by atoms with Gasteiger partial charge in [-0.1, -0.05) is 23.2 Å². The molecule has 0 aliphatic carbocycles. The molecule has 100 valence electrons. The molecular formula is C10H11Cl2NO3S2. The summed E-state index contributed by atoms with van der Waals surface area (Å²) in [4.78, 5) is 10.7. The summed E-state index contributed by atoms with van der Waals surface area (Å²) in [6, 6.07) is 1.37. The summed E-state index contributed by atoms with van der Waals surface area (Å²) in [5.41, 5.74) is 0. The maximum absolute atomic E-state index is 12.3. The highest BCUT2D eigenvalue weighted by molar-refractivity contribution is 7.89. The SMILES string of the molecule is O=CC1CCN(S(=O)(=O)c2cc(Cl)sc2Cl)CC1. The second kappa shape index (κ2) is 5.46. The van der Waals surface area contributed by atoms with E-state index in [0.29, 0.717) is 30.3 Å². The van der Waals surface area contributed by atoms with Crippen LogP contribution in [0.4, 0.5) is 0 Å². The van der Waals surface area contributed by atoms with E-state index >= 15 is 0 Å². The molecule has 1 fully saturated rings. The third-order valence-electron chi connectivity index (χ3n) is 2.93. The average molecular weight is 328 g/mol. The zero-order valence-electron chi connectivity index (χ0n) is 9.30. The van der Waals surface area contributed by atoms with Crippen molar-refractivity contribution in [3.05, 3.63) is 14.7 Å². The predicted molar refractivity (Wildman–Crippen MR) is 71.9 cm³/mol. The van der Waals surface area contributed by atoms with Crippen molar-refractivity contribution in [3.63, 3.8) is 0 Å². The first kappa shape index (κ1) is 14.3. The van der Waals surface area contributed by atoms with Gasteiger partial charge in [0.2, 0.25) is 10.0 Å². The normalized spacial score (nSPS) is 19.0. The number of nitrogens with zero attached hydrogens (tertiary/aromatic N) is 1. The fourth-order valence-electron chi connectivity index (χ4n) is 1.89. The monoisotopic (exact) mass is 327 g/mol. The molecular weight excluding hydrogens is 317 g/mol. The van der Waals surface area contributed by atoms with Gasteiger partial charge in [-0.2, -0.15) is 4.31 Å². The van der Waals surface area contributed by atoms with Crippen molar-refractivity contribution in [2.24, 2.45) is 5.92 Å². The number of hydrogen-bond acceptors (Lipinski definition) is 4. The number of piperidine rings is 1. The van der Waals surface area contributed by atoms with Gasteiger partial charge in [0.1, 0.15) is 15.5 Å². The van der Waals surface area contributed by atoms with Gasteiger partial charge < -0.3 is 4.79 Å². The Balaban J connectivity index is 2.22. The third-order valence-corrected chi connectivity index (χ3v) is 6.59. The lowest BCUT2D eigenvalue weighted by Crippen LogP contribution is -2.38. The molecule has 2 heterocycles. The van der Waals surface area contributed by atoms with Crippen LogP contribution in [0.2, 0.25) is 8.67 Å². The maximum Gasteiger partial charge on any atom is 0.245 e. The molecule has 0 aromatic carbocycles. The minimum absolute atomic E-state index is 0.0435. The topological polar surface area (TPSA) is 54.5 Å². The number of carbonyl (C=O) groups is 1. The molecule has 0 unspecified atom stereocenters. The number of carbonyl (C=O) groups excluding carboxylic acids is 1. The van der Waals surface area contributed by atoms with Crippen molar-refractivity contribution < 1.29 is 13.2 Å². The van der Waals surface area contributed by atoms with Gasteiger partial charge in [-0.25, -0.2) is 8.42 Å². The Morgan fingerprint density at radius 1 is 1.33 bits per heavy atom. The first-order valence-electron chi connectivity index (χ1n) is 5.35. The lowest BCUT2D eigenvalue weighted by Gasteiger charge is -2.28. The fraction of sp³-hybridized carbons (Fsp3) is 0.500. The zero-order valence-corrected chi connectivity index (χ0v) is 12.4. The van der Waals surface area contributed by atoms with Gasteiger partial charge in [-0.15, -0.1) is 11.3 Å². The number of sulfonamides is 1. The first-order chi connectivity index (χ1) is 8.45. The molecule has 0 N–H and O–H groups in total. The molecule has 2 rings (SSSR count). The molecule has 1 saturated heterocycles. The summed E-state index contributed by atoms with van der Waals surface area (Å²) in [6.45, 7) is 0.686. The molecule has 0 radical (unpaired) electrons. The van der Waals surface area contributed by atoms with Crippen LogP contribution in [0, 0.1) is 5.92 Å². The van der Waals surface area contributed by atoms with Crippen molar-refractivity contribution in [1.82, 2.24) is 4.31 Å². The molecule has 0 bridgehead atoms. The molecule has 18 heavy (non-hydrogen) atoms. The van der Waals surface area contributed by atoms with Crippen LogP contribution in [0.15, 0.2) is 11.0 Å². The van der Waals surface area contributed by atoms with Crippen LogP contribution in [-0.2, 0) is 14.8 Å². The molecule has 1 aliphatic heterocycles. The summed E-state index contributed by atoms with van der Waals surface area (Å²) < 4.78 is 26.5. The van der Waals surface area contributed by atoms with E-state index in [-0.39, 0.29) is 15.1 Å². The third kappa shape index (κ3) is 2.72. The van der Waals surface area contributed by atoms with E-state index in [1.54, 1.807) is 0 Å². The second-order valence-electron chi connectivity index (χ2n) is 4.07. The van der Waals surface area contributed by atoms with E-state index in [0.717, 1.165) is 17.6 Å². The Morgan fingerprint density at radius 2 is 1.94 bits per heavy atom. The Bertz CT molecular complexity index is 547. The molecule has 1 aliphatic rings. The van der Waals surface area contributed by atoms with Crippen LogP contribution in [0.3, 0.4) is 0 Å². The minimum Gasteiger partial charge on any atom is -0.303 e. The van der Waals surface area contributed by atoms with Gasteiger partial charge in [0.25, 0.3) is 0 Å². The summed E-state index contributed by atoms with van der Waals surface area (Å²) in [7, 11) is -3.59. The highest BCUT2D eigenvalue weighted by Gasteiger charge is 2.31. The number of halogens is 2. The minimum atomic E-state index is -3.59. The number of hydrogen-bond donors (Lipinski definition) is 0. The van der Waals surface area contributed by atoms with Crippen LogP contribution in [0.5, 0.6) is 0 Å². The van der Waals surface area contributed by atoms with E-state index in [2.05, 4.69) is 0 Å². The van der Waals surface area contributed by atoms with Crippen LogP contribution in [0.25, 0.3) is 0 Å². The van der Waals surface area contributed by atoms with E-state index in [1.165, 1.54) is 10.4 Å². The van der Waals surface area contributed by atoms with Crippen molar-refractivity contribution in [3.8, 4) is 0 Å². The van der Waals surface area contributed by atoms with E-state index < -0.39 is 10.0 Å². The van der Waals surface area contributed by atoms with E-state index in [9.17, 15) is 13.2 Å². The van der Waals surface area contributed by atoms with Gasteiger partial charge in [0, 0.05) is 19.0 Å². The Labute approximate surface area is 120 Å². The summed E-state index contributed by atoms with van der Waals surface area (Å²) in [5.74, 6) is -0.0435. The summed E-state index contributed by atoms with van der Waals surface area (Å²) in [5, 5.41) is 0. The number of rotatable bonds is 3. The second-order valence-corrected chi connectivity index (χ2v) is 8.26. The van der Waals surface area contributed by atoms with Gasteiger partial charge in [0.05, 0.1) is 4.34 Å². The van der Waals surface area contributed by atoms with Gasteiger partial charge in [0.15, 0.2) is 0 Å². The van der Waals surface area contributed by atoms with Crippen LogP contribution >= 0.6 is 34.5 Å². The van der Waals surface area contributed by atoms with Gasteiger partial charge >= 0.3 is 0 Å². The fourth-order valence-corrected chi connectivity index (χ4v) is 5.47. The summed E-state index contributed by atoms with van der Waals surface area (Å²) >= 11 is 12.7. The molecule has 1 aromatic heterocycles. The Morgan fingerprint density at radius 3 is 2.39 bits per heavy atom. The Kier molecular flexibility index (Phi) is 4.33. The van der Waals surface area contributed by atoms with Crippen molar-refractivity contribution in [1.29, 1.82) is 0 Å². The highest BCUT2D eigenvalue weighted by Crippen LogP contribution is 2.36. The standard InChI is InChI=1S/C10H11Cl2NO3S2/c11-9-5-8(10(12)17-9)18(15,16)13-3-1-7(6-14)2-4-13/h5-7H,1-4H2. The van der Waals surface area contributed by atoms with Crippen molar-refractivity contribution in [2.75, 3.05) is 13.1 Å². The number of aldehydes is 1. The van der Waals surface area contributed by atoms with E-state index in [1.807, 2.05) is 0 Å². The lowest BCUT2D eigenvalue weighted by molar-refractivity contribution is -0.112. The molecule has 8 heteroatoms. The van der Waals surface area contributed by atoms with Crippen molar-refractivity contribution in [2.45, 2.75) is 17.7 Å². The molecule has 0 spiro atoms. The van der Waals surface area contributed by atoms with Crippen LogP contribution in [0.1, 0.15) is 12.8 Å². The Hall–Kier alpha value is -0.140. The van der Waals surface area contributed by atoms with Crippen molar-refractivity contribution >= 4 is 50.8 Å². The molecule has 0 amide bonds. The number of thiophene rings is 1. The molecule has 0 atom stereocenters. The molecule has 1 aromatic rings. The molecule has 0 saturated carbocycles. The molecule has 4 nitrogen and oxygen atoms in total. The summed E-state index contributed by atoms with van der Waals surface area (Å²) in [6.07, 6.45) is 1.99. The van der Waals surface area contributed by atoms with Gasteiger partial charge in [-0.3, -0.25) is 0 Å². The van der Waals surface area contributed by atoms with Crippen LogP contribution < -0.4 is 0 Å². The smallest absolute Gasteiger partial charge is 0.245 e. The highest BCUT2D eigenvalue weighted by atomic mass is 35.5. The first-order valence-corrected chi connectivity index (χ1v) is 8.36. The largest absolute Gasteiger partial charge is 0.303 e. The average Bonchev–Trinajstić information content (AvgIpc) is 2.69. The predicted octanol–water partition coefficient (Wildman–Crippen LogP) is 2.65. The lowest BCUT2D eigenvalue weighted by atomic mass is 10.0. The van der Waals surface area contributed by atoms with E-state index in [4.69, 9.17) is 23.2 Å². The maximum atomic E-state index is 12.3.